The van der Waals surface area contributed by atoms with Crippen molar-refractivity contribution < 1.29 is 22.7 Å². The number of carbonyl (C=O) groups is 2. The minimum atomic E-state index is -3.73. The minimum absolute atomic E-state index is 0.0783. The molecular formula is C24H23N3O5S2. The molecule has 0 radical (unpaired) electrons. The lowest BCUT2D eigenvalue weighted by molar-refractivity contribution is -0.134. The molecule has 1 fully saturated rings. The first-order chi connectivity index (χ1) is 16.3. The molecule has 5 rings (SSSR count). The summed E-state index contributed by atoms with van der Waals surface area (Å²) >= 11 is 1.14. The van der Waals surface area contributed by atoms with Gasteiger partial charge in [-0.2, -0.15) is 0 Å². The molecule has 0 atom stereocenters. The van der Waals surface area contributed by atoms with Crippen LogP contribution in [0.5, 0.6) is 5.75 Å². The number of aromatic nitrogens is 1. The summed E-state index contributed by atoms with van der Waals surface area (Å²) in [7, 11) is -3.73. The Kier molecular flexibility index (Phi) is 5.86. The maximum Gasteiger partial charge on any atom is 0.263 e. The molecule has 1 spiro atoms. The predicted octanol–water partition coefficient (Wildman–Crippen LogP) is 3.51. The number of benzene rings is 2. The summed E-state index contributed by atoms with van der Waals surface area (Å²) in [6.45, 7) is 0.984. The zero-order chi connectivity index (χ0) is 23.8. The maximum atomic E-state index is 12.9. The highest BCUT2D eigenvalue weighted by Gasteiger charge is 2.43. The quantitative estimate of drug-likeness (QED) is 0.578. The fraction of sp³-hybridized carbons (Fsp3) is 0.292. The summed E-state index contributed by atoms with van der Waals surface area (Å²) in [5.41, 5.74) is 0.569. The number of Topliss-reactive ketones (excluding diaryl/α,β-unsaturated/α-hetero) is 1. The Labute approximate surface area is 201 Å². The summed E-state index contributed by atoms with van der Waals surface area (Å²) in [6.07, 6.45) is 1.57. The molecule has 1 aromatic heterocycles. The highest BCUT2D eigenvalue weighted by molar-refractivity contribution is 7.93. The van der Waals surface area contributed by atoms with E-state index >= 15 is 0 Å². The van der Waals surface area contributed by atoms with Crippen LogP contribution >= 0.6 is 11.3 Å². The Morgan fingerprint density at radius 1 is 1.09 bits per heavy atom. The van der Waals surface area contributed by atoms with Gasteiger partial charge in [-0.25, -0.2) is 13.4 Å². The average Bonchev–Trinajstić information content (AvgIpc) is 3.26. The number of hydrogen-bond acceptors (Lipinski definition) is 7. The Balaban J connectivity index is 1.18. The number of thiazole rings is 1. The zero-order valence-electron chi connectivity index (χ0n) is 18.3. The van der Waals surface area contributed by atoms with Crippen molar-refractivity contribution in [3.05, 3.63) is 71.2 Å². The van der Waals surface area contributed by atoms with E-state index in [-0.39, 0.29) is 28.1 Å². The first kappa shape index (κ1) is 22.5. The van der Waals surface area contributed by atoms with Crippen LogP contribution in [0.15, 0.2) is 64.9 Å². The summed E-state index contributed by atoms with van der Waals surface area (Å²) < 4.78 is 33.6. The Morgan fingerprint density at radius 2 is 1.79 bits per heavy atom. The van der Waals surface area contributed by atoms with Gasteiger partial charge < -0.3 is 9.64 Å². The number of amides is 1. The zero-order valence-corrected chi connectivity index (χ0v) is 19.9. The van der Waals surface area contributed by atoms with Crippen LogP contribution in [-0.2, 0) is 21.2 Å². The number of carbonyl (C=O) groups excluding carboxylic acids is 2. The van der Waals surface area contributed by atoms with Gasteiger partial charge in [-0.15, -0.1) is 11.3 Å². The van der Waals surface area contributed by atoms with Crippen molar-refractivity contribution in [1.82, 2.24) is 9.88 Å². The minimum Gasteiger partial charge on any atom is -0.486 e. The molecule has 8 nitrogen and oxygen atoms in total. The molecule has 0 aliphatic carbocycles. The van der Waals surface area contributed by atoms with Crippen molar-refractivity contribution >= 4 is 38.2 Å². The number of rotatable bonds is 5. The van der Waals surface area contributed by atoms with Crippen LogP contribution in [0.2, 0.25) is 0 Å². The topological polar surface area (TPSA) is 106 Å². The molecule has 2 aromatic carbocycles. The smallest absolute Gasteiger partial charge is 0.263 e. The van der Waals surface area contributed by atoms with Gasteiger partial charge in [0, 0.05) is 31.3 Å². The first-order valence-corrected chi connectivity index (χ1v) is 13.3. The Hall–Kier alpha value is -3.24. The number of nitrogens with one attached hydrogen (secondary N) is 1. The summed E-state index contributed by atoms with van der Waals surface area (Å²) in [5.74, 6) is 0.612. The van der Waals surface area contributed by atoms with Gasteiger partial charge in [-0.3, -0.25) is 14.3 Å². The van der Waals surface area contributed by atoms with Gasteiger partial charge in [0.15, 0.2) is 10.9 Å². The van der Waals surface area contributed by atoms with Crippen LogP contribution in [0.25, 0.3) is 0 Å². The normalized spacial score (nSPS) is 17.2. The summed E-state index contributed by atoms with van der Waals surface area (Å²) in [5, 5.41) is 1.91. The third-order valence-electron chi connectivity index (χ3n) is 6.18. The van der Waals surface area contributed by atoms with E-state index in [4.69, 9.17) is 4.74 Å². The third-order valence-corrected chi connectivity index (χ3v) is 8.47. The lowest BCUT2D eigenvalue weighted by Crippen LogP contribution is -2.52. The van der Waals surface area contributed by atoms with E-state index in [2.05, 4.69) is 9.71 Å². The Morgan fingerprint density at radius 3 is 2.56 bits per heavy atom. The SMILES string of the molecule is O=C1CC2(CCN(C(=O)Cc3csc(NS(=O)(=O)c4ccccc4)n3)CC2)Oc2ccccc21. The van der Waals surface area contributed by atoms with Gasteiger partial charge in [0.1, 0.15) is 11.4 Å². The molecular weight excluding hydrogens is 474 g/mol. The predicted molar refractivity (Wildman–Crippen MR) is 128 cm³/mol. The van der Waals surface area contributed by atoms with Gasteiger partial charge in [-0.1, -0.05) is 30.3 Å². The number of piperidine rings is 1. The fourth-order valence-electron chi connectivity index (χ4n) is 4.36. The second-order valence-electron chi connectivity index (χ2n) is 8.50. The number of anilines is 1. The molecule has 3 heterocycles. The van der Waals surface area contributed by atoms with E-state index in [1.54, 1.807) is 34.5 Å². The van der Waals surface area contributed by atoms with E-state index in [0.29, 0.717) is 49.4 Å². The van der Waals surface area contributed by atoms with E-state index in [1.165, 1.54) is 12.1 Å². The van der Waals surface area contributed by atoms with Crippen LogP contribution in [-0.4, -0.2) is 48.7 Å². The molecule has 1 saturated heterocycles. The molecule has 0 saturated carbocycles. The highest BCUT2D eigenvalue weighted by atomic mass is 32.2. The fourth-order valence-corrected chi connectivity index (χ4v) is 6.35. The Bertz CT molecular complexity index is 1330. The number of likely N-dealkylation sites (tertiary alicyclic amines) is 1. The molecule has 10 heteroatoms. The number of ketones is 1. The van der Waals surface area contributed by atoms with Crippen LogP contribution in [0.3, 0.4) is 0 Å². The number of sulfonamides is 1. The molecule has 3 aromatic rings. The van der Waals surface area contributed by atoms with Crippen molar-refractivity contribution in [2.45, 2.75) is 36.2 Å². The second-order valence-corrected chi connectivity index (χ2v) is 11.0. The first-order valence-electron chi connectivity index (χ1n) is 10.9. The molecule has 0 bridgehead atoms. The molecule has 2 aliphatic rings. The number of para-hydroxylation sites is 1. The average molecular weight is 498 g/mol. The van der Waals surface area contributed by atoms with Crippen molar-refractivity contribution in [2.75, 3.05) is 17.8 Å². The van der Waals surface area contributed by atoms with Crippen molar-refractivity contribution in [3.8, 4) is 5.75 Å². The number of hydrogen-bond donors (Lipinski definition) is 1. The van der Waals surface area contributed by atoms with E-state index < -0.39 is 15.6 Å². The monoisotopic (exact) mass is 497 g/mol. The van der Waals surface area contributed by atoms with Gasteiger partial charge in [-0.05, 0) is 24.3 Å². The largest absolute Gasteiger partial charge is 0.486 e. The molecule has 2 aliphatic heterocycles. The van der Waals surface area contributed by atoms with E-state index in [9.17, 15) is 18.0 Å². The van der Waals surface area contributed by atoms with Crippen molar-refractivity contribution in [1.29, 1.82) is 0 Å². The second kappa shape index (κ2) is 8.84. The van der Waals surface area contributed by atoms with Crippen LogP contribution in [0.4, 0.5) is 5.13 Å². The lowest BCUT2D eigenvalue weighted by atomic mass is 9.82. The number of ether oxygens (including phenoxy) is 1. The van der Waals surface area contributed by atoms with Gasteiger partial charge in [0.2, 0.25) is 5.91 Å². The molecule has 0 unspecified atom stereocenters. The van der Waals surface area contributed by atoms with Crippen LogP contribution < -0.4 is 9.46 Å². The van der Waals surface area contributed by atoms with Crippen LogP contribution in [0, 0.1) is 0 Å². The highest BCUT2D eigenvalue weighted by Crippen LogP contribution is 2.39. The van der Waals surface area contributed by atoms with E-state index in [1.807, 2.05) is 18.2 Å². The van der Waals surface area contributed by atoms with Crippen molar-refractivity contribution in [2.24, 2.45) is 0 Å². The standard InChI is InChI=1S/C24H23N3O5S2/c28-20-15-24(32-21-9-5-4-8-19(20)21)10-12-27(13-11-24)22(29)14-17-16-33-23(25-17)26-34(30,31)18-6-2-1-3-7-18/h1-9,16H,10-15H2,(H,25,26). The van der Waals surface area contributed by atoms with Crippen LogP contribution in [0.1, 0.15) is 35.3 Å². The number of nitrogens with zero attached hydrogens (tertiary/aromatic N) is 2. The molecule has 34 heavy (non-hydrogen) atoms. The van der Waals surface area contributed by atoms with Gasteiger partial charge in [0.25, 0.3) is 10.0 Å². The maximum absolute atomic E-state index is 12.9. The van der Waals surface area contributed by atoms with Crippen molar-refractivity contribution in [3.63, 3.8) is 0 Å². The molecule has 1 N–H and O–H groups in total. The summed E-state index contributed by atoms with van der Waals surface area (Å²) in [6, 6.07) is 15.3. The lowest BCUT2D eigenvalue weighted by Gasteiger charge is -2.43. The molecule has 1 amide bonds. The number of fused-ring (bicyclic) bond motifs is 1. The summed E-state index contributed by atoms with van der Waals surface area (Å²) in [4.78, 5) is 31.6. The van der Waals surface area contributed by atoms with Gasteiger partial charge in [0.05, 0.1) is 29.0 Å². The third kappa shape index (κ3) is 4.55. The van der Waals surface area contributed by atoms with E-state index in [0.717, 1.165) is 11.3 Å². The molecule has 176 valence electrons. The van der Waals surface area contributed by atoms with Gasteiger partial charge >= 0.3 is 0 Å².